The molecule has 2 aromatic rings. The molecule has 0 bridgehead atoms. The highest BCUT2D eigenvalue weighted by Crippen LogP contribution is 2.30. The highest BCUT2D eigenvalue weighted by Gasteiger charge is 2.24. The van der Waals surface area contributed by atoms with Crippen molar-refractivity contribution in [3.8, 4) is 0 Å². The number of hydrogen-bond donors (Lipinski definition) is 1. The zero-order valence-corrected chi connectivity index (χ0v) is 13.3. The maximum absolute atomic E-state index is 12.3. The Bertz CT molecular complexity index is 715. The minimum absolute atomic E-state index is 0.0459. The number of nitrogens with zero attached hydrogens (tertiary/aromatic N) is 3. The summed E-state index contributed by atoms with van der Waals surface area (Å²) in [5, 5.41) is 3.33. The van der Waals surface area contributed by atoms with Gasteiger partial charge < -0.3 is 14.8 Å². The average Bonchev–Trinajstić information content (AvgIpc) is 3.19. The lowest BCUT2D eigenvalue weighted by molar-refractivity contribution is -0.117. The molecule has 2 heterocycles. The lowest BCUT2D eigenvalue weighted by Gasteiger charge is -2.18. The van der Waals surface area contributed by atoms with Crippen LogP contribution in [0.2, 0.25) is 5.02 Å². The molecule has 0 radical (unpaired) electrons. The van der Waals surface area contributed by atoms with Gasteiger partial charge >= 0.3 is 0 Å². The van der Waals surface area contributed by atoms with Gasteiger partial charge in [-0.05, 0) is 24.6 Å². The van der Waals surface area contributed by atoms with Gasteiger partial charge in [-0.15, -0.1) is 0 Å². The second-order valence-electron chi connectivity index (χ2n) is 5.37. The first-order chi connectivity index (χ1) is 11.1. The van der Waals surface area contributed by atoms with Crippen LogP contribution in [0, 0.1) is 0 Å². The molecule has 1 saturated heterocycles. The number of imidazole rings is 1. The summed E-state index contributed by atoms with van der Waals surface area (Å²) >= 11 is 6.18. The molecule has 7 heteroatoms. The van der Waals surface area contributed by atoms with Crippen LogP contribution in [-0.2, 0) is 11.3 Å². The molecule has 120 valence electrons. The molecule has 0 atom stereocenters. The number of hydrogen-bond acceptors (Lipinski definition) is 3. The number of aromatic nitrogens is 2. The van der Waals surface area contributed by atoms with E-state index in [0.717, 1.165) is 6.42 Å². The highest BCUT2D eigenvalue weighted by molar-refractivity contribution is 6.34. The summed E-state index contributed by atoms with van der Waals surface area (Å²) in [6.07, 6.45) is 6.57. The Kier molecular flexibility index (Phi) is 4.62. The molecule has 1 aliphatic rings. The smallest absolute Gasteiger partial charge is 0.251 e. The van der Waals surface area contributed by atoms with Crippen LogP contribution in [0.4, 0.5) is 5.69 Å². The molecule has 3 rings (SSSR count). The Hall–Kier alpha value is -2.34. The summed E-state index contributed by atoms with van der Waals surface area (Å²) < 4.78 is 1.89. The number of anilines is 1. The monoisotopic (exact) mass is 332 g/mol. The topological polar surface area (TPSA) is 67.2 Å². The van der Waals surface area contributed by atoms with Crippen molar-refractivity contribution in [1.29, 1.82) is 0 Å². The van der Waals surface area contributed by atoms with E-state index in [1.165, 1.54) is 0 Å². The quantitative estimate of drug-likeness (QED) is 0.911. The number of rotatable bonds is 5. The third kappa shape index (κ3) is 3.53. The number of carbonyl (C=O) groups excluding carboxylic acids is 2. The Morgan fingerprint density at radius 3 is 2.96 bits per heavy atom. The molecule has 0 unspecified atom stereocenters. The lowest BCUT2D eigenvalue weighted by atomic mass is 10.1. The van der Waals surface area contributed by atoms with Crippen LogP contribution < -0.4 is 10.2 Å². The Balaban J connectivity index is 1.67. The molecule has 1 aliphatic heterocycles. The molecule has 6 nitrogen and oxygen atoms in total. The molecule has 0 spiro atoms. The summed E-state index contributed by atoms with van der Waals surface area (Å²) in [6, 6.07) is 5.00. The summed E-state index contributed by atoms with van der Waals surface area (Å²) in [5.41, 5.74) is 1.10. The van der Waals surface area contributed by atoms with Crippen molar-refractivity contribution in [2.24, 2.45) is 0 Å². The summed E-state index contributed by atoms with van der Waals surface area (Å²) in [7, 11) is 0. The summed E-state index contributed by atoms with van der Waals surface area (Å²) in [4.78, 5) is 29.7. The first-order valence-corrected chi connectivity index (χ1v) is 7.87. The number of nitrogens with one attached hydrogen (secondary N) is 1. The fraction of sp³-hybridized carbons (Fsp3) is 0.312. The van der Waals surface area contributed by atoms with Crippen molar-refractivity contribution in [3.63, 3.8) is 0 Å². The highest BCUT2D eigenvalue weighted by atomic mass is 35.5. The van der Waals surface area contributed by atoms with Gasteiger partial charge in [0.05, 0.1) is 17.0 Å². The van der Waals surface area contributed by atoms with Gasteiger partial charge in [0.2, 0.25) is 5.91 Å². The van der Waals surface area contributed by atoms with Gasteiger partial charge in [0, 0.05) is 44.0 Å². The van der Waals surface area contributed by atoms with Crippen molar-refractivity contribution in [1.82, 2.24) is 14.9 Å². The predicted molar refractivity (Wildman–Crippen MR) is 87.6 cm³/mol. The number of amides is 2. The van der Waals surface area contributed by atoms with E-state index in [1.54, 1.807) is 35.6 Å². The summed E-state index contributed by atoms with van der Waals surface area (Å²) in [6.45, 7) is 1.79. The third-order valence-electron chi connectivity index (χ3n) is 3.79. The van der Waals surface area contributed by atoms with Gasteiger partial charge in [0.25, 0.3) is 5.91 Å². The van der Waals surface area contributed by atoms with Crippen LogP contribution in [-0.4, -0.2) is 34.5 Å². The van der Waals surface area contributed by atoms with E-state index in [-0.39, 0.29) is 11.8 Å². The van der Waals surface area contributed by atoms with Gasteiger partial charge in [-0.1, -0.05) is 11.6 Å². The SMILES string of the molecule is O=C(NCCn1ccnc1)c1ccc(Cl)c(N2CCCC2=O)c1. The van der Waals surface area contributed by atoms with Crippen molar-refractivity contribution in [2.45, 2.75) is 19.4 Å². The second kappa shape index (κ2) is 6.83. The first kappa shape index (κ1) is 15.6. The average molecular weight is 333 g/mol. The van der Waals surface area contributed by atoms with Crippen LogP contribution in [0.1, 0.15) is 23.2 Å². The van der Waals surface area contributed by atoms with Gasteiger partial charge in [-0.3, -0.25) is 9.59 Å². The van der Waals surface area contributed by atoms with Crippen LogP contribution in [0.15, 0.2) is 36.9 Å². The van der Waals surface area contributed by atoms with Crippen LogP contribution in [0.3, 0.4) is 0 Å². The molecule has 1 fully saturated rings. The maximum atomic E-state index is 12.3. The van der Waals surface area contributed by atoms with E-state index in [4.69, 9.17) is 11.6 Å². The Morgan fingerprint density at radius 2 is 2.26 bits per heavy atom. The van der Waals surface area contributed by atoms with E-state index < -0.39 is 0 Å². The molecule has 0 aliphatic carbocycles. The van der Waals surface area contributed by atoms with Gasteiger partial charge in [-0.25, -0.2) is 4.98 Å². The van der Waals surface area contributed by atoms with Gasteiger partial charge in [-0.2, -0.15) is 0 Å². The fourth-order valence-corrected chi connectivity index (χ4v) is 2.80. The van der Waals surface area contributed by atoms with Crippen LogP contribution in [0.25, 0.3) is 0 Å². The molecule has 0 saturated carbocycles. The van der Waals surface area contributed by atoms with Crippen molar-refractivity contribution in [2.75, 3.05) is 18.0 Å². The Labute approximate surface area is 139 Å². The minimum Gasteiger partial charge on any atom is -0.350 e. The van der Waals surface area contributed by atoms with Crippen molar-refractivity contribution < 1.29 is 9.59 Å². The summed E-state index contributed by atoms with van der Waals surface area (Å²) in [5.74, 6) is -0.140. The zero-order valence-electron chi connectivity index (χ0n) is 12.5. The van der Waals surface area contributed by atoms with E-state index in [2.05, 4.69) is 10.3 Å². The Morgan fingerprint density at radius 1 is 1.39 bits per heavy atom. The number of carbonyl (C=O) groups is 2. The third-order valence-corrected chi connectivity index (χ3v) is 4.11. The first-order valence-electron chi connectivity index (χ1n) is 7.49. The molecule has 1 aromatic carbocycles. The predicted octanol–water partition coefficient (Wildman–Crippen LogP) is 2.09. The minimum atomic E-state index is -0.185. The van der Waals surface area contributed by atoms with E-state index in [0.29, 0.717) is 42.3 Å². The fourth-order valence-electron chi connectivity index (χ4n) is 2.58. The van der Waals surface area contributed by atoms with E-state index >= 15 is 0 Å². The molecular weight excluding hydrogens is 316 g/mol. The molecule has 23 heavy (non-hydrogen) atoms. The molecular formula is C16H17ClN4O2. The van der Waals surface area contributed by atoms with Crippen molar-refractivity contribution >= 4 is 29.1 Å². The molecule has 1 N–H and O–H groups in total. The maximum Gasteiger partial charge on any atom is 0.251 e. The second-order valence-corrected chi connectivity index (χ2v) is 5.78. The largest absolute Gasteiger partial charge is 0.350 e. The van der Waals surface area contributed by atoms with E-state index in [1.807, 2.05) is 10.8 Å². The normalized spacial score (nSPS) is 14.3. The van der Waals surface area contributed by atoms with Crippen LogP contribution in [0.5, 0.6) is 0 Å². The van der Waals surface area contributed by atoms with Gasteiger partial charge in [0.15, 0.2) is 0 Å². The molecule has 1 aromatic heterocycles. The number of halogens is 1. The van der Waals surface area contributed by atoms with Crippen LogP contribution >= 0.6 is 11.6 Å². The van der Waals surface area contributed by atoms with E-state index in [9.17, 15) is 9.59 Å². The van der Waals surface area contributed by atoms with Crippen molar-refractivity contribution in [3.05, 3.63) is 47.5 Å². The van der Waals surface area contributed by atoms with Gasteiger partial charge in [0.1, 0.15) is 0 Å². The number of benzene rings is 1. The zero-order chi connectivity index (χ0) is 16.2. The standard InChI is InChI=1S/C16H17ClN4O2/c17-13-4-3-12(10-14(13)21-7-1-2-15(21)22)16(23)19-6-9-20-8-5-18-11-20/h3-5,8,10-11H,1-2,6-7,9H2,(H,19,23). The molecule has 2 amide bonds. The lowest BCUT2D eigenvalue weighted by Crippen LogP contribution is -2.28.